The van der Waals surface area contributed by atoms with Gasteiger partial charge < -0.3 is 4.90 Å². The van der Waals surface area contributed by atoms with Crippen LogP contribution >= 0.6 is 15.9 Å². The van der Waals surface area contributed by atoms with E-state index in [1.165, 1.54) is 0 Å². The molecule has 0 heterocycles. The van der Waals surface area contributed by atoms with Gasteiger partial charge in [-0.1, -0.05) is 29.8 Å². The third kappa shape index (κ3) is 5.72. The van der Waals surface area contributed by atoms with Gasteiger partial charge in [0.15, 0.2) is 0 Å². The molecule has 1 amide bonds. The highest BCUT2D eigenvalue weighted by molar-refractivity contribution is 9.09. The summed E-state index contributed by atoms with van der Waals surface area (Å²) in [6.07, 6.45) is -3.14. The molecule has 0 saturated heterocycles. The molecule has 0 aromatic carbocycles. The molecular formula is C10H17BrF3NO. The van der Waals surface area contributed by atoms with Crippen LogP contribution in [0.1, 0.15) is 33.1 Å². The zero-order valence-corrected chi connectivity index (χ0v) is 11.1. The van der Waals surface area contributed by atoms with Gasteiger partial charge in [0.2, 0.25) is 5.91 Å². The third-order valence-electron chi connectivity index (χ3n) is 2.36. The van der Waals surface area contributed by atoms with Gasteiger partial charge in [-0.15, -0.1) is 0 Å². The van der Waals surface area contributed by atoms with Crippen LogP contribution in [0.5, 0.6) is 0 Å². The van der Waals surface area contributed by atoms with E-state index in [9.17, 15) is 18.0 Å². The highest BCUT2D eigenvalue weighted by Crippen LogP contribution is 2.21. The molecule has 96 valence electrons. The average Bonchev–Trinajstić information content (AvgIpc) is 2.16. The van der Waals surface area contributed by atoms with E-state index in [1.807, 2.05) is 0 Å². The van der Waals surface area contributed by atoms with E-state index >= 15 is 0 Å². The van der Waals surface area contributed by atoms with E-state index in [4.69, 9.17) is 0 Å². The van der Waals surface area contributed by atoms with E-state index in [0.717, 1.165) is 4.90 Å². The van der Waals surface area contributed by atoms with Gasteiger partial charge in [0.05, 0.1) is 0 Å². The van der Waals surface area contributed by atoms with Crippen LogP contribution in [-0.2, 0) is 4.79 Å². The monoisotopic (exact) mass is 303 g/mol. The van der Waals surface area contributed by atoms with Crippen LogP contribution < -0.4 is 0 Å². The largest absolute Gasteiger partial charge is 0.406 e. The number of halogens is 4. The maximum absolute atomic E-state index is 12.3. The summed E-state index contributed by atoms with van der Waals surface area (Å²) in [5, 5.41) is 0.389. The number of hydrogen-bond acceptors (Lipinski definition) is 1. The fraction of sp³-hybridized carbons (Fsp3) is 0.900. The standard InChI is InChI=1S/C10H17BrF3NO/c1-3-8(4-2)15(7-10(12,13)14)9(16)5-6-11/h8H,3-7H2,1-2H3. The van der Waals surface area contributed by atoms with Gasteiger partial charge in [0.1, 0.15) is 6.54 Å². The normalized spacial score (nSPS) is 11.9. The molecule has 0 unspecified atom stereocenters. The fourth-order valence-corrected chi connectivity index (χ4v) is 1.91. The Morgan fingerprint density at radius 3 is 2.12 bits per heavy atom. The second-order valence-corrected chi connectivity index (χ2v) is 4.34. The molecular weight excluding hydrogens is 287 g/mol. The molecule has 0 fully saturated rings. The minimum Gasteiger partial charge on any atom is -0.331 e. The molecule has 0 atom stereocenters. The highest BCUT2D eigenvalue weighted by atomic mass is 79.9. The Bertz CT molecular complexity index is 217. The molecule has 0 N–H and O–H groups in total. The van der Waals surface area contributed by atoms with Crippen molar-refractivity contribution in [3.8, 4) is 0 Å². The summed E-state index contributed by atoms with van der Waals surface area (Å²) in [5.74, 6) is -0.442. The molecule has 0 radical (unpaired) electrons. The zero-order valence-electron chi connectivity index (χ0n) is 9.48. The molecule has 0 rings (SSSR count). The van der Waals surface area contributed by atoms with Crippen molar-refractivity contribution < 1.29 is 18.0 Å². The predicted molar refractivity (Wildman–Crippen MR) is 60.5 cm³/mol. The molecule has 0 aromatic heterocycles. The molecule has 0 aromatic rings. The van der Waals surface area contributed by atoms with Crippen LogP contribution in [0.25, 0.3) is 0 Å². The van der Waals surface area contributed by atoms with Gasteiger partial charge in [0.25, 0.3) is 0 Å². The lowest BCUT2D eigenvalue weighted by atomic mass is 10.1. The summed E-state index contributed by atoms with van der Waals surface area (Å²) < 4.78 is 37.0. The lowest BCUT2D eigenvalue weighted by Gasteiger charge is -2.31. The Hall–Kier alpha value is -0.260. The Labute approximate surface area is 102 Å². The number of amides is 1. The third-order valence-corrected chi connectivity index (χ3v) is 2.76. The molecule has 6 heteroatoms. The topological polar surface area (TPSA) is 20.3 Å². The lowest BCUT2D eigenvalue weighted by Crippen LogP contribution is -2.45. The van der Waals surface area contributed by atoms with Gasteiger partial charge in [-0.3, -0.25) is 4.79 Å². The Kier molecular flexibility index (Phi) is 7.03. The molecule has 0 bridgehead atoms. The first-order valence-electron chi connectivity index (χ1n) is 5.27. The van der Waals surface area contributed by atoms with Crippen LogP contribution in [0.3, 0.4) is 0 Å². The van der Waals surface area contributed by atoms with Gasteiger partial charge in [-0.2, -0.15) is 13.2 Å². The van der Waals surface area contributed by atoms with E-state index in [2.05, 4.69) is 15.9 Å². The number of rotatable bonds is 6. The summed E-state index contributed by atoms with van der Waals surface area (Å²) in [5.41, 5.74) is 0. The van der Waals surface area contributed by atoms with Crippen LogP contribution in [-0.4, -0.2) is 34.9 Å². The molecule has 0 spiro atoms. The maximum atomic E-state index is 12.3. The minimum atomic E-state index is -4.33. The molecule has 0 aliphatic carbocycles. The van der Waals surface area contributed by atoms with Crippen molar-refractivity contribution in [2.24, 2.45) is 0 Å². The van der Waals surface area contributed by atoms with Crippen LogP contribution in [0, 0.1) is 0 Å². The molecule has 0 saturated carbocycles. The van der Waals surface area contributed by atoms with Crippen LogP contribution in [0.4, 0.5) is 13.2 Å². The average molecular weight is 304 g/mol. The maximum Gasteiger partial charge on any atom is 0.406 e. The summed E-state index contributed by atoms with van der Waals surface area (Å²) in [4.78, 5) is 12.5. The van der Waals surface area contributed by atoms with Crippen LogP contribution in [0.2, 0.25) is 0 Å². The van der Waals surface area contributed by atoms with Crippen LogP contribution in [0.15, 0.2) is 0 Å². The van der Waals surface area contributed by atoms with Crippen molar-refractivity contribution in [2.45, 2.75) is 45.3 Å². The summed E-state index contributed by atoms with van der Waals surface area (Å²) >= 11 is 3.06. The number of carbonyl (C=O) groups is 1. The smallest absolute Gasteiger partial charge is 0.331 e. The first-order valence-corrected chi connectivity index (χ1v) is 6.40. The van der Waals surface area contributed by atoms with E-state index in [0.29, 0.717) is 18.2 Å². The van der Waals surface area contributed by atoms with Crippen molar-refractivity contribution in [1.82, 2.24) is 4.90 Å². The number of alkyl halides is 4. The SMILES string of the molecule is CCC(CC)N(CC(F)(F)F)C(=O)CCBr. The van der Waals surface area contributed by atoms with Gasteiger partial charge in [0, 0.05) is 17.8 Å². The summed E-state index contributed by atoms with van der Waals surface area (Å²) in [6.45, 7) is 2.43. The second kappa shape index (κ2) is 7.14. The summed E-state index contributed by atoms with van der Waals surface area (Å²) in [6, 6.07) is -0.326. The first-order chi connectivity index (χ1) is 7.35. The van der Waals surface area contributed by atoms with Crippen molar-refractivity contribution in [3.05, 3.63) is 0 Å². The van der Waals surface area contributed by atoms with Gasteiger partial charge in [-0.05, 0) is 12.8 Å². The highest BCUT2D eigenvalue weighted by Gasteiger charge is 2.35. The quantitative estimate of drug-likeness (QED) is 0.689. The Morgan fingerprint density at radius 1 is 1.31 bits per heavy atom. The molecule has 2 nitrogen and oxygen atoms in total. The lowest BCUT2D eigenvalue weighted by molar-refractivity contribution is -0.165. The van der Waals surface area contributed by atoms with Crippen molar-refractivity contribution in [1.29, 1.82) is 0 Å². The zero-order chi connectivity index (χ0) is 12.8. The number of hydrogen-bond donors (Lipinski definition) is 0. The predicted octanol–water partition coefficient (Wildman–Crippen LogP) is 3.35. The van der Waals surface area contributed by atoms with Gasteiger partial charge >= 0.3 is 6.18 Å². The summed E-state index contributed by atoms with van der Waals surface area (Å²) in [7, 11) is 0. The molecule has 16 heavy (non-hydrogen) atoms. The van der Waals surface area contributed by atoms with E-state index < -0.39 is 18.6 Å². The number of nitrogens with zero attached hydrogens (tertiary/aromatic N) is 1. The minimum absolute atomic E-state index is 0.104. The second-order valence-electron chi connectivity index (χ2n) is 3.55. The molecule has 0 aliphatic rings. The fourth-order valence-electron chi connectivity index (χ4n) is 1.57. The first kappa shape index (κ1) is 15.7. The Morgan fingerprint density at radius 2 is 1.81 bits per heavy atom. The van der Waals surface area contributed by atoms with Gasteiger partial charge in [-0.25, -0.2) is 0 Å². The van der Waals surface area contributed by atoms with Crippen molar-refractivity contribution in [2.75, 3.05) is 11.9 Å². The van der Waals surface area contributed by atoms with Crippen molar-refractivity contribution >= 4 is 21.8 Å². The molecule has 0 aliphatic heterocycles. The van der Waals surface area contributed by atoms with E-state index in [-0.39, 0.29) is 12.5 Å². The van der Waals surface area contributed by atoms with Crippen molar-refractivity contribution in [3.63, 3.8) is 0 Å². The van der Waals surface area contributed by atoms with E-state index in [1.54, 1.807) is 13.8 Å². The Balaban J connectivity index is 4.68. The number of carbonyl (C=O) groups excluding carboxylic acids is 1.